The zero-order valence-electron chi connectivity index (χ0n) is 16.2. The zero-order valence-corrected chi connectivity index (χ0v) is 17.8. The standard InChI is InChI=1S/C21H20ClN3O4S/c1-29-16-8-6-14(7-9-16)20-12-19(21(26)23-18-5-3-2-4-17(18)22)24-25(20)15-10-11-30(27,28)13-15/h2-9,12,15H,10-11,13H2,1H3,(H,23,26)/t15-/m0/s1. The number of nitrogens with zero attached hydrogens (tertiary/aromatic N) is 2. The molecule has 1 fully saturated rings. The van der Waals surface area contributed by atoms with E-state index in [0.717, 1.165) is 5.56 Å². The molecule has 0 unspecified atom stereocenters. The molecule has 0 radical (unpaired) electrons. The molecular formula is C21H20ClN3O4S. The Morgan fingerprint density at radius 2 is 1.93 bits per heavy atom. The molecule has 0 bridgehead atoms. The van der Waals surface area contributed by atoms with E-state index in [9.17, 15) is 13.2 Å². The van der Waals surface area contributed by atoms with Crippen LogP contribution in [0.3, 0.4) is 0 Å². The molecular weight excluding hydrogens is 426 g/mol. The van der Waals surface area contributed by atoms with Gasteiger partial charge < -0.3 is 10.1 Å². The van der Waals surface area contributed by atoms with Crippen molar-refractivity contribution in [2.75, 3.05) is 23.9 Å². The number of hydrogen-bond donors (Lipinski definition) is 1. The average molecular weight is 446 g/mol. The average Bonchev–Trinajstić information content (AvgIpc) is 3.33. The zero-order chi connectivity index (χ0) is 21.3. The SMILES string of the molecule is COc1ccc(-c2cc(C(=O)Nc3ccccc3Cl)nn2[C@H]2CCS(=O)(=O)C2)cc1. The quantitative estimate of drug-likeness (QED) is 0.644. The smallest absolute Gasteiger partial charge is 0.276 e. The summed E-state index contributed by atoms with van der Waals surface area (Å²) in [5.74, 6) is 0.395. The maximum atomic E-state index is 12.8. The summed E-state index contributed by atoms with van der Waals surface area (Å²) in [6.07, 6.45) is 0.457. The molecule has 2 aromatic carbocycles. The Kier molecular flexibility index (Phi) is 5.53. The van der Waals surface area contributed by atoms with Gasteiger partial charge >= 0.3 is 0 Å². The molecule has 1 aliphatic rings. The molecule has 0 spiro atoms. The van der Waals surface area contributed by atoms with E-state index in [1.165, 1.54) is 0 Å². The highest BCUT2D eigenvalue weighted by Crippen LogP contribution is 2.31. The normalized spacial score (nSPS) is 17.6. The summed E-state index contributed by atoms with van der Waals surface area (Å²) in [5.41, 5.74) is 2.15. The lowest BCUT2D eigenvalue weighted by molar-refractivity contribution is 0.102. The van der Waals surface area contributed by atoms with E-state index in [4.69, 9.17) is 16.3 Å². The molecule has 156 valence electrons. The maximum Gasteiger partial charge on any atom is 0.276 e. The minimum absolute atomic E-state index is 0.00338. The van der Waals surface area contributed by atoms with Crippen LogP contribution in [0, 0.1) is 0 Å². The molecule has 1 atom stereocenters. The van der Waals surface area contributed by atoms with Crippen LogP contribution in [0.2, 0.25) is 5.02 Å². The van der Waals surface area contributed by atoms with Gasteiger partial charge in [-0.25, -0.2) is 8.42 Å². The molecule has 1 amide bonds. The lowest BCUT2D eigenvalue weighted by Crippen LogP contribution is -2.16. The Labute approximate surface area is 179 Å². The number of amides is 1. The van der Waals surface area contributed by atoms with Gasteiger partial charge in [0, 0.05) is 5.56 Å². The van der Waals surface area contributed by atoms with Crippen LogP contribution in [0.25, 0.3) is 11.3 Å². The van der Waals surface area contributed by atoms with E-state index in [1.54, 1.807) is 42.1 Å². The lowest BCUT2D eigenvalue weighted by Gasteiger charge is -2.13. The number of carbonyl (C=O) groups is 1. The Morgan fingerprint density at radius 3 is 2.57 bits per heavy atom. The van der Waals surface area contributed by atoms with Gasteiger partial charge in [0.25, 0.3) is 5.91 Å². The number of carbonyl (C=O) groups excluding carboxylic acids is 1. The van der Waals surface area contributed by atoms with Gasteiger partial charge in [-0.05, 0) is 48.9 Å². The summed E-state index contributed by atoms with van der Waals surface area (Å²) >= 11 is 6.13. The van der Waals surface area contributed by atoms with Gasteiger partial charge in [0.15, 0.2) is 15.5 Å². The summed E-state index contributed by atoms with van der Waals surface area (Å²) in [6.45, 7) is 0. The van der Waals surface area contributed by atoms with Crippen molar-refractivity contribution in [1.29, 1.82) is 0 Å². The molecule has 3 aromatic rings. The number of halogens is 1. The minimum Gasteiger partial charge on any atom is -0.497 e. The molecule has 30 heavy (non-hydrogen) atoms. The van der Waals surface area contributed by atoms with Crippen LogP contribution in [0.15, 0.2) is 54.6 Å². The first kappa shape index (κ1) is 20.4. The van der Waals surface area contributed by atoms with Crippen molar-refractivity contribution in [1.82, 2.24) is 9.78 Å². The molecule has 0 saturated carbocycles. The number of aromatic nitrogens is 2. The molecule has 2 heterocycles. The number of sulfone groups is 1. The van der Waals surface area contributed by atoms with Crippen LogP contribution in [-0.4, -0.2) is 42.7 Å². The highest BCUT2D eigenvalue weighted by Gasteiger charge is 2.32. The number of hydrogen-bond acceptors (Lipinski definition) is 5. The molecule has 4 rings (SSSR count). The second-order valence-electron chi connectivity index (χ2n) is 7.08. The maximum absolute atomic E-state index is 12.8. The third kappa shape index (κ3) is 4.20. The number of anilines is 1. The second-order valence-corrected chi connectivity index (χ2v) is 9.71. The first-order valence-corrected chi connectivity index (χ1v) is 11.6. The molecule has 7 nitrogen and oxygen atoms in total. The van der Waals surface area contributed by atoms with Crippen molar-refractivity contribution in [2.45, 2.75) is 12.5 Å². The van der Waals surface area contributed by atoms with Gasteiger partial charge in [0.2, 0.25) is 0 Å². The summed E-state index contributed by atoms with van der Waals surface area (Å²) in [4.78, 5) is 12.8. The van der Waals surface area contributed by atoms with Crippen LogP contribution in [0.4, 0.5) is 5.69 Å². The van der Waals surface area contributed by atoms with Crippen LogP contribution in [-0.2, 0) is 9.84 Å². The van der Waals surface area contributed by atoms with Crippen molar-refractivity contribution in [3.05, 3.63) is 65.3 Å². The Morgan fingerprint density at radius 1 is 1.20 bits per heavy atom. The van der Waals surface area contributed by atoms with Gasteiger partial charge in [-0.2, -0.15) is 5.10 Å². The van der Waals surface area contributed by atoms with Gasteiger partial charge in [0.1, 0.15) is 5.75 Å². The number of rotatable bonds is 5. The third-order valence-corrected chi connectivity index (χ3v) is 7.11. The van der Waals surface area contributed by atoms with Crippen molar-refractivity contribution >= 4 is 33.0 Å². The van der Waals surface area contributed by atoms with Crippen LogP contribution in [0.5, 0.6) is 5.75 Å². The molecule has 1 aromatic heterocycles. The van der Waals surface area contributed by atoms with E-state index < -0.39 is 15.7 Å². The number of methoxy groups -OCH3 is 1. The second kappa shape index (κ2) is 8.12. The predicted octanol–water partition coefficient (Wildman–Crippen LogP) is 3.82. The highest BCUT2D eigenvalue weighted by molar-refractivity contribution is 7.91. The number of nitrogens with one attached hydrogen (secondary N) is 1. The number of benzene rings is 2. The largest absolute Gasteiger partial charge is 0.497 e. The van der Waals surface area contributed by atoms with Crippen molar-refractivity contribution in [3.8, 4) is 17.0 Å². The molecule has 1 N–H and O–H groups in total. The van der Waals surface area contributed by atoms with E-state index in [-0.39, 0.29) is 23.2 Å². The minimum atomic E-state index is -3.12. The molecule has 9 heteroatoms. The summed E-state index contributed by atoms with van der Waals surface area (Å²) in [5, 5.41) is 7.65. The Balaban J connectivity index is 1.71. The fraction of sp³-hybridized carbons (Fsp3) is 0.238. The van der Waals surface area contributed by atoms with Crippen molar-refractivity contribution in [2.24, 2.45) is 0 Å². The lowest BCUT2D eigenvalue weighted by atomic mass is 10.1. The predicted molar refractivity (Wildman–Crippen MR) is 116 cm³/mol. The van der Waals surface area contributed by atoms with E-state index >= 15 is 0 Å². The van der Waals surface area contributed by atoms with E-state index in [2.05, 4.69) is 10.4 Å². The number of ether oxygens (including phenoxy) is 1. The van der Waals surface area contributed by atoms with Gasteiger partial charge in [-0.3, -0.25) is 9.48 Å². The van der Waals surface area contributed by atoms with E-state index in [1.807, 2.05) is 24.3 Å². The Hall–Kier alpha value is -2.84. The third-order valence-electron chi connectivity index (χ3n) is 5.03. The summed E-state index contributed by atoms with van der Waals surface area (Å²) in [6, 6.07) is 15.6. The highest BCUT2D eigenvalue weighted by atomic mass is 35.5. The van der Waals surface area contributed by atoms with Gasteiger partial charge in [-0.1, -0.05) is 23.7 Å². The first-order chi connectivity index (χ1) is 14.4. The van der Waals surface area contributed by atoms with E-state index in [0.29, 0.717) is 28.6 Å². The van der Waals surface area contributed by atoms with Crippen molar-refractivity contribution < 1.29 is 17.9 Å². The fourth-order valence-corrected chi connectivity index (χ4v) is 5.35. The van der Waals surface area contributed by atoms with Crippen LogP contribution < -0.4 is 10.1 Å². The Bertz CT molecular complexity index is 1190. The number of para-hydroxylation sites is 1. The monoisotopic (exact) mass is 445 g/mol. The van der Waals surface area contributed by atoms with Gasteiger partial charge in [-0.15, -0.1) is 0 Å². The van der Waals surface area contributed by atoms with Crippen LogP contribution >= 0.6 is 11.6 Å². The summed E-state index contributed by atoms with van der Waals surface area (Å²) in [7, 11) is -1.53. The van der Waals surface area contributed by atoms with Crippen molar-refractivity contribution in [3.63, 3.8) is 0 Å². The topological polar surface area (TPSA) is 90.3 Å². The molecule has 0 aliphatic carbocycles. The fourth-order valence-electron chi connectivity index (χ4n) is 3.48. The first-order valence-electron chi connectivity index (χ1n) is 9.36. The molecule has 1 aliphatic heterocycles. The molecule has 1 saturated heterocycles. The summed E-state index contributed by atoms with van der Waals surface area (Å²) < 4.78 is 30.9. The van der Waals surface area contributed by atoms with Gasteiger partial charge in [0.05, 0.1) is 41.1 Å². The van der Waals surface area contributed by atoms with Crippen LogP contribution in [0.1, 0.15) is 23.0 Å².